The summed E-state index contributed by atoms with van der Waals surface area (Å²) in [6, 6.07) is 15.8. The van der Waals surface area contributed by atoms with Gasteiger partial charge in [0.1, 0.15) is 11.3 Å². The Hall–Kier alpha value is -3.06. The molecule has 0 aromatic heterocycles. The van der Waals surface area contributed by atoms with E-state index < -0.39 is 5.54 Å². The van der Waals surface area contributed by atoms with Gasteiger partial charge in [-0.3, -0.25) is 14.5 Å². The molecule has 2 aromatic carbocycles. The van der Waals surface area contributed by atoms with Gasteiger partial charge in [0.15, 0.2) is 6.61 Å². The highest BCUT2D eigenvalue weighted by Crippen LogP contribution is 2.30. The van der Waals surface area contributed by atoms with Gasteiger partial charge in [0.05, 0.1) is 6.54 Å². The number of likely N-dealkylation sites (tertiary alicyclic amines) is 1. The number of hydrogen-bond acceptors (Lipinski definition) is 4. The molecule has 4 rings (SSSR count). The van der Waals surface area contributed by atoms with Crippen molar-refractivity contribution < 1.29 is 19.1 Å². The number of carbonyl (C=O) groups excluding carboxylic acids is 3. The molecular weight excluding hydrogens is 406 g/mol. The van der Waals surface area contributed by atoms with Crippen molar-refractivity contribution in [2.24, 2.45) is 0 Å². The molecule has 1 N–H and O–H groups in total. The first-order valence-electron chi connectivity index (χ1n) is 9.81. The lowest BCUT2D eigenvalue weighted by Gasteiger charge is -2.37. The van der Waals surface area contributed by atoms with Crippen LogP contribution in [0.25, 0.3) is 0 Å². The van der Waals surface area contributed by atoms with Crippen molar-refractivity contribution in [1.29, 1.82) is 0 Å². The third kappa shape index (κ3) is 4.11. The molecule has 156 valence electrons. The first kappa shape index (κ1) is 20.2. The summed E-state index contributed by atoms with van der Waals surface area (Å²) in [4.78, 5) is 40.9. The highest BCUT2D eigenvalue weighted by Gasteiger charge is 2.52. The molecule has 0 radical (unpaired) electrons. The van der Waals surface area contributed by atoms with Crippen molar-refractivity contribution in [3.8, 4) is 5.75 Å². The summed E-state index contributed by atoms with van der Waals surface area (Å²) >= 11 is 5.84. The van der Waals surface area contributed by atoms with Crippen LogP contribution in [0.2, 0.25) is 5.02 Å². The van der Waals surface area contributed by atoms with Gasteiger partial charge in [-0.05, 0) is 42.7 Å². The van der Waals surface area contributed by atoms with E-state index in [0.717, 1.165) is 5.56 Å². The Morgan fingerprint density at radius 1 is 1.03 bits per heavy atom. The van der Waals surface area contributed by atoms with E-state index in [-0.39, 0.29) is 31.0 Å². The minimum absolute atomic E-state index is 0.0882. The SMILES string of the molecule is O=C(COc1ccc(Cl)cc1)N1CCC2(CC1)NC(=O)N(Cc1ccccc1)C2=O. The number of ether oxygens (including phenoxy) is 1. The van der Waals surface area contributed by atoms with Crippen LogP contribution < -0.4 is 10.1 Å². The van der Waals surface area contributed by atoms with E-state index in [1.807, 2.05) is 30.3 Å². The number of rotatable bonds is 5. The van der Waals surface area contributed by atoms with Gasteiger partial charge in [-0.25, -0.2) is 4.79 Å². The van der Waals surface area contributed by atoms with Crippen LogP contribution in [-0.4, -0.2) is 52.9 Å². The van der Waals surface area contributed by atoms with E-state index in [1.54, 1.807) is 29.2 Å². The lowest BCUT2D eigenvalue weighted by Crippen LogP contribution is -2.56. The maximum absolute atomic E-state index is 13.0. The third-order valence-corrected chi connectivity index (χ3v) is 5.83. The second-order valence-electron chi connectivity index (χ2n) is 7.51. The van der Waals surface area contributed by atoms with Gasteiger partial charge in [0.25, 0.3) is 11.8 Å². The lowest BCUT2D eigenvalue weighted by atomic mass is 9.87. The van der Waals surface area contributed by atoms with Gasteiger partial charge in [0.2, 0.25) is 0 Å². The number of amides is 4. The average Bonchev–Trinajstić information content (AvgIpc) is 2.98. The van der Waals surface area contributed by atoms with Crippen LogP contribution in [0.15, 0.2) is 54.6 Å². The number of carbonyl (C=O) groups is 3. The molecule has 0 aliphatic carbocycles. The second-order valence-corrected chi connectivity index (χ2v) is 7.95. The first-order valence-corrected chi connectivity index (χ1v) is 10.2. The van der Waals surface area contributed by atoms with E-state index >= 15 is 0 Å². The highest BCUT2D eigenvalue weighted by molar-refractivity contribution is 6.30. The summed E-state index contributed by atoms with van der Waals surface area (Å²) in [6.07, 6.45) is 0.769. The molecule has 2 saturated heterocycles. The number of halogens is 1. The number of piperidine rings is 1. The molecule has 0 unspecified atom stereocenters. The Morgan fingerprint density at radius 2 is 1.70 bits per heavy atom. The summed E-state index contributed by atoms with van der Waals surface area (Å²) in [5, 5.41) is 3.46. The van der Waals surface area contributed by atoms with Crippen molar-refractivity contribution in [2.75, 3.05) is 19.7 Å². The number of benzene rings is 2. The minimum atomic E-state index is -0.931. The summed E-state index contributed by atoms with van der Waals surface area (Å²) in [5.74, 6) is 0.189. The van der Waals surface area contributed by atoms with E-state index in [1.165, 1.54) is 4.90 Å². The monoisotopic (exact) mass is 427 g/mol. The first-order chi connectivity index (χ1) is 14.5. The number of nitrogens with zero attached hydrogens (tertiary/aromatic N) is 2. The molecule has 0 saturated carbocycles. The van der Waals surface area contributed by atoms with Gasteiger partial charge in [-0.1, -0.05) is 41.9 Å². The van der Waals surface area contributed by atoms with Gasteiger partial charge in [-0.15, -0.1) is 0 Å². The Bertz CT molecular complexity index is 941. The van der Waals surface area contributed by atoms with Gasteiger partial charge >= 0.3 is 6.03 Å². The fraction of sp³-hybridized carbons (Fsp3) is 0.318. The minimum Gasteiger partial charge on any atom is -0.484 e. The highest BCUT2D eigenvalue weighted by atomic mass is 35.5. The van der Waals surface area contributed by atoms with Crippen LogP contribution in [0.1, 0.15) is 18.4 Å². The maximum Gasteiger partial charge on any atom is 0.325 e. The molecule has 2 aromatic rings. The summed E-state index contributed by atoms with van der Waals surface area (Å²) in [7, 11) is 0. The maximum atomic E-state index is 13.0. The number of nitrogens with one attached hydrogen (secondary N) is 1. The summed E-state index contributed by atoms with van der Waals surface area (Å²) in [6.45, 7) is 0.919. The molecule has 30 heavy (non-hydrogen) atoms. The van der Waals surface area contributed by atoms with E-state index in [2.05, 4.69) is 5.32 Å². The quantitative estimate of drug-likeness (QED) is 0.744. The van der Waals surface area contributed by atoms with Gasteiger partial charge < -0.3 is 15.0 Å². The summed E-state index contributed by atoms with van der Waals surface area (Å²) < 4.78 is 5.52. The molecule has 2 heterocycles. The standard InChI is InChI=1S/C22H22ClN3O4/c23-17-6-8-18(9-7-17)30-15-19(27)25-12-10-22(11-13-25)20(28)26(21(29)24-22)14-16-4-2-1-3-5-16/h1-9H,10-15H2,(H,24,29). The zero-order chi connectivity index (χ0) is 21.1. The molecule has 4 amide bonds. The molecule has 2 aliphatic rings. The van der Waals surface area contributed by atoms with E-state index in [9.17, 15) is 14.4 Å². The van der Waals surface area contributed by atoms with Gasteiger partial charge in [-0.2, -0.15) is 0 Å². The van der Waals surface area contributed by atoms with Crippen LogP contribution in [0, 0.1) is 0 Å². The number of imide groups is 1. The Morgan fingerprint density at radius 3 is 2.37 bits per heavy atom. The number of urea groups is 1. The Labute approximate surface area is 179 Å². The van der Waals surface area contributed by atoms with Crippen LogP contribution in [-0.2, 0) is 16.1 Å². The molecule has 0 bridgehead atoms. The van der Waals surface area contributed by atoms with Crippen molar-refractivity contribution in [2.45, 2.75) is 24.9 Å². The normalized spacial score (nSPS) is 17.9. The van der Waals surface area contributed by atoms with Crippen molar-refractivity contribution in [3.63, 3.8) is 0 Å². The van der Waals surface area contributed by atoms with Crippen LogP contribution in [0.4, 0.5) is 4.79 Å². The molecule has 2 aliphatic heterocycles. The predicted octanol–water partition coefficient (Wildman–Crippen LogP) is 2.83. The van der Waals surface area contributed by atoms with Crippen molar-refractivity contribution >= 4 is 29.4 Å². The van der Waals surface area contributed by atoms with Crippen LogP contribution in [0.3, 0.4) is 0 Å². The predicted molar refractivity (Wildman–Crippen MR) is 111 cm³/mol. The molecule has 0 atom stereocenters. The summed E-state index contributed by atoms with van der Waals surface area (Å²) in [5.41, 5.74) is -0.0373. The lowest BCUT2D eigenvalue weighted by molar-refractivity contribution is -0.139. The van der Waals surface area contributed by atoms with E-state index in [4.69, 9.17) is 16.3 Å². The van der Waals surface area contributed by atoms with Crippen molar-refractivity contribution in [1.82, 2.24) is 15.1 Å². The average molecular weight is 428 g/mol. The van der Waals surface area contributed by atoms with Gasteiger partial charge in [0, 0.05) is 18.1 Å². The molecule has 2 fully saturated rings. The molecular formula is C22H22ClN3O4. The molecule has 8 heteroatoms. The second kappa shape index (κ2) is 8.36. The number of hydrogen-bond donors (Lipinski definition) is 1. The van der Waals surface area contributed by atoms with E-state index in [0.29, 0.717) is 36.7 Å². The van der Waals surface area contributed by atoms with Crippen LogP contribution >= 0.6 is 11.6 Å². The fourth-order valence-electron chi connectivity index (χ4n) is 3.83. The van der Waals surface area contributed by atoms with Crippen molar-refractivity contribution in [3.05, 3.63) is 65.2 Å². The zero-order valence-corrected chi connectivity index (χ0v) is 17.1. The Kier molecular flexibility index (Phi) is 5.63. The Balaban J connectivity index is 1.33. The fourth-order valence-corrected chi connectivity index (χ4v) is 3.96. The van der Waals surface area contributed by atoms with Crippen LogP contribution in [0.5, 0.6) is 5.75 Å². The zero-order valence-electron chi connectivity index (χ0n) is 16.3. The topological polar surface area (TPSA) is 79.0 Å². The smallest absolute Gasteiger partial charge is 0.325 e. The molecule has 7 nitrogen and oxygen atoms in total. The third-order valence-electron chi connectivity index (χ3n) is 5.58. The largest absolute Gasteiger partial charge is 0.484 e. The molecule has 1 spiro atoms.